The Bertz CT molecular complexity index is 1310. The molecule has 28 heavy (non-hydrogen) atoms. The van der Waals surface area contributed by atoms with Gasteiger partial charge in [0.15, 0.2) is 0 Å². The maximum Gasteiger partial charge on any atom is 0.143 e. The predicted molar refractivity (Wildman–Crippen MR) is 116 cm³/mol. The van der Waals surface area contributed by atoms with Crippen molar-refractivity contribution in [1.82, 2.24) is 9.97 Å². The third-order valence-electron chi connectivity index (χ3n) is 4.88. The lowest BCUT2D eigenvalue weighted by Gasteiger charge is -2.12. The minimum absolute atomic E-state index is 0.268. The van der Waals surface area contributed by atoms with E-state index in [1.807, 2.05) is 30.3 Å². The first-order chi connectivity index (χ1) is 13.7. The van der Waals surface area contributed by atoms with Crippen LogP contribution in [-0.4, -0.2) is 15.1 Å². The maximum absolute atomic E-state index is 10.2. The molecule has 3 aromatic carbocycles. The number of phenols is 1. The van der Waals surface area contributed by atoms with Gasteiger partial charge in [0.25, 0.3) is 0 Å². The molecule has 136 valence electrons. The minimum Gasteiger partial charge on any atom is -0.507 e. The molecule has 5 heteroatoms. The van der Waals surface area contributed by atoms with Crippen molar-refractivity contribution in [3.63, 3.8) is 0 Å². The highest BCUT2D eigenvalue weighted by Gasteiger charge is 2.14. The van der Waals surface area contributed by atoms with Crippen LogP contribution >= 0.6 is 11.3 Å². The summed E-state index contributed by atoms with van der Waals surface area (Å²) in [6.45, 7) is 2.08. The number of anilines is 2. The number of nitrogens with zero attached hydrogens (tertiary/aromatic N) is 2. The Morgan fingerprint density at radius 2 is 1.68 bits per heavy atom. The summed E-state index contributed by atoms with van der Waals surface area (Å²) in [4.78, 5) is 9.92. The first-order valence-electron chi connectivity index (χ1n) is 8.98. The molecular formula is C23H17N3OS. The van der Waals surface area contributed by atoms with E-state index in [1.165, 1.54) is 5.56 Å². The average Bonchev–Trinajstić information content (AvgIpc) is 3.15. The van der Waals surface area contributed by atoms with Crippen LogP contribution in [0.3, 0.4) is 0 Å². The molecule has 0 aliphatic heterocycles. The largest absolute Gasteiger partial charge is 0.507 e. The van der Waals surface area contributed by atoms with Gasteiger partial charge in [-0.3, -0.25) is 0 Å². The van der Waals surface area contributed by atoms with Gasteiger partial charge in [0.05, 0.1) is 5.39 Å². The van der Waals surface area contributed by atoms with E-state index in [-0.39, 0.29) is 5.75 Å². The van der Waals surface area contributed by atoms with E-state index in [0.29, 0.717) is 0 Å². The highest BCUT2D eigenvalue weighted by Crippen LogP contribution is 2.39. The summed E-state index contributed by atoms with van der Waals surface area (Å²) in [6.07, 6.45) is 1.59. The number of rotatable bonds is 3. The molecule has 0 aliphatic carbocycles. The van der Waals surface area contributed by atoms with Crippen LogP contribution in [0.5, 0.6) is 5.75 Å². The van der Waals surface area contributed by atoms with Crippen LogP contribution in [0.15, 0.2) is 72.4 Å². The summed E-state index contributed by atoms with van der Waals surface area (Å²) >= 11 is 1.61. The number of nitrogens with one attached hydrogen (secondary N) is 1. The standard InChI is InChI=1S/C23H17N3OS/c1-14-8-10-15(11-9-14)18-12-28-23-21(18)22(24-13-25-23)26-19-6-2-5-17-16(19)4-3-7-20(17)27/h2-13,27H,1H3,(H,24,25,26). The fraction of sp³-hybridized carbons (Fsp3) is 0.0435. The second-order valence-electron chi connectivity index (χ2n) is 6.72. The Morgan fingerprint density at radius 1 is 0.893 bits per heavy atom. The molecule has 0 radical (unpaired) electrons. The van der Waals surface area contributed by atoms with Crippen LogP contribution in [0.2, 0.25) is 0 Å². The normalized spacial score (nSPS) is 11.2. The van der Waals surface area contributed by atoms with Crippen molar-refractivity contribution in [2.75, 3.05) is 5.32 Å². The zero-order chi connectivity index (χ0) is 19.1. The molecule has 0 unspecified atom stereocenters. The Morgan fingerprint density at radius 3 is 2.54 bits per heavy atom. The van der Waals surface area contributed by atoms with E-state index in [4.69, 9.17) is 0 Å². The lowest BCUT2D eigenvalue weighted by atomic mass is 10.0. The number of phenolic OH excluding ortho intramolecular Hbond substituents is 1. The lowest BCUT2D eigenvalue weighted by molar-refractivity contribution is 0.481. The van der Waals surface area contributed by atoms with Gasteiger partial charge in [0.2, 0.25) is 0 Å². The smallest absolute Gasteiger partial charge is 0.143 e. The molecule has 0 atom stereocenters. The van der Waals surface area contributed by atoms with Crippen molar-refractivity contribution in [2.45, 2.75) is 6.92 Å². The third-order valence-corrected chi connectivity index (χ3v) is 5.77. The van der Waals surface area contributed by atoms with Gasteiger partial charge in [0.1, 0.15) is 22.7 Å². The Labute approximate surface area is 166 Å². The fourth-order valence-corrected chi connectivity index (χ4v) is 4.36. The van der Waals surface area contributed by atoms with Gasteiger partial charge in [-0.05, 0) is 24.6 Å². The number of aromatic hydroxyl groups is 1. The van der Waals surface area contributed by atoms with Gasteiger partial charge in [-0.1, -0.05) is 54.1 Å². The van der Waals surface area contributed by atoms with E-state index < -0.39 is 0 Å². The monoisotopic (exact) mass is 383 g/mol. The van der Waals surface area contributed by atoms with E-state index in [1.54, 1.807) is 23.7 Å². The number of aryl methyl sites for hydroxylation is 1. The van der Waals surface area contributed by atoms with Gasteiger partial charge < -0.3 is 10.4 Å². The summed E-state index contributed by atoms with van der Waals surface area (Å²) in [6, 6.07) is 19.9. The summed E-state index contributed by atoms with van der Waals surface area (Å²) in [5.74, 6) is 1.03. The van der Waals surface area contributed by atoms with Crippen LogP contribution < -0.4 is 5.32 Å². The lowest BCUT2D eigenvalue weighted by Crippen LogP contribution is -1.96. The van der Waals surface area contributed by atoms with Crippen molar-refractivity contribution in [3.8, 4) is 16.9 Å². The molecule has 5 rings (SSSR count). The van der Waals surface area contributed by atoms with E-state index in [2.05, 4.69) is 51.9 Å². The summed E-state index contributed by atoms with van der Waals surface area (Å²) in [5.41, 5.74) is 4.39. The van der Waals surface area contributed by atoms with Crippen LogP contribution in [0, 0.1) is 6.92 Å². The van der Waals surface area contributed by atoms with Crippen molar-refractivity contribution in [2.24, 2.45) is 0 Å². The highest BCUT2D eigenvalue weighted by atomic mass is 32.1. The van der Waals surface area contributed by atoms with Crippen molar-refractivity contribution in [3.05, 3.63) is 77.9 Å². The molecule has 2 N–H and O–H groups in total. The predicted octanol–water partition coefficient (Wildman–Crippen LogP) is 6.27. The molecule has 0 amide bonds. The highest BCUT2D eigenvalue weighted by molar-refractivity contribution is 7.17. The Balaban J connectivity index is 1.67. The molecule has 0 saturated carbocycles. The topological polar surface area (TPSA) is 58.0 Å². The van der Waals surface area contributed by atoms with Crippen molar-refractivity contribution >= 4 is 43.8 Å². The van der Waals surface area contributed by atoms with Gasteiger partial charge in [-0.15, -0.1) is 11.3 Å². The maximum atomic E-state index is 10.2. The number of benzene rings is 3. The molecule has 2 aromatic heterocycles. The zero-order valence-electron chi connectivity index (χ0n) is 15.2. The molecule has 0 aliphatic rings. The molecule has 2 heterocycles. The number of fused-ring (bicyclic) bond motifs is 2. The van der Waals surface area contributed by atoms with E-state index in [9.17, 15) is 5.11 Å². The van der Waals surface area contributed by atoms with Crippen LogP contribution in [-0.2, 0) is 0 Å². The first kappa shape index (κ1) is 16.7. The van der Waals surface area contributed by atoms with Gasteiger partial charge in [0, 0.05) is 27.4 Å². The molecule has 4 nitrogen and oxygen atoms in total. The molecule has 0 fully saturated rings. The summed E-state index contributed by atoms with van der Waals surface area (Å²) < 4.78 is 0. The first-order valence-corrected chi connectivity index (χ1v) is 9.85. The van der Waals surface area contributed by atoms with E-state index in [0.717, 1.165) is 43.6 Å². The molecule has 0 saturated heterocycles. The van der Waals surface area contributed by atoms with Gasteiger partial charge >= 0.3 is 0 Å². The number of hydrogen-bond acceptors (Lipinski definition) is 5. The number of hydrogen-bond donors (Lipinski definition) is 2. The molecular weight excluding hydrogens is 366 g/mol. The van der Waals surface area contributed by atoms with Crippen LogP contribution in [0.25, 0.3) is 32.1 Å². The SMILES string of the molecule is Cc1ccc(-c2csc3ncnc(Nc4cccc5c(O)cccc45)c23)cc1. The number of thiophene rings is 1. The minimum atomic E-state index is 0.268. The third kappa shape index (κ3) is 2.77. The number of aromatic nitrogens is 2. The quantitative estimate of drug-likeness (QED) is 0.385. The summed E-state index contributed by atoms with van der Waals surface area (Å²) in [7, 11) is 0. The Hall–Kier alpha value is -3.44. The van der Waals surface area contributed by atoms with Crippen LogP contribution in [0.1, 0.15) is 5.56 Å². The second kappa shape index (κ2) is 6.62. The Kier molecular flexibility index (Phi) is 3.95. The second-order valence-corrected chi connectivity index (χ2v) is 7.58. The average molecular weight is 383 g/mol. The zero-order valence-corrected chi connectivity index (χ0v) is 16.0. The molecule has 0 bridgehead atoms. The summed E-state index contributed by atoms with van der Waals surface area (Å²) in [5, 5.41) is 18.5. The molecule has 0 spiro atoms. The van der Waals surface area contributed by atoms with Crippen molar-refractivity contribution < 1.29 is 5.11 Å². The van der Waals surface area contributed by atoms with Gasteiger partial charge in [-0.25, -0.2) is 9.97 Å². The van der Waals surface area contributed by atoms with Gasteiger partial charge in [-0.2, -0.15) is 0 Å². The van der Waals surface area contributed by atoms with Crippen LogP contribution in [0.4, 0.5) is 11.5 Å². The van der Waals surface area contributed by atoms with E-state index >= 15 is 0 Å². The van der Waals surface area contributed by atoms with Crippen molar-refractivity contribution in [1.29, 1.82) is 0 Å². The molecule has 5 aromatic rings. The fourth-order valence-electron chi connectivity index (χ4n) is 3.45.